The molecule has 1 aliphatic rings. The summed E-state index contributed by atoms with van der Waals surface area (Å²) in [6, 6.07) is 14.4. The van der Waals surface area contributed by atoms with Crippen molar-refractivity contribution in [2.75, 3.05) is 11.5 Å². The molecule has 0 spiro atoms. The van der Waals surface area contributed by atoms with Gasteiger partial charge >= 0.3 is 5.97 Å². The number of nitrogens with zero attached hydrogens (tertiary/aromatic N) is 3. The molecule has 246 valence electrons. The van der Waals surface area contributed by atoms with E-state index in [-0.39, 0.29) is 60.1 Å². The molecule has 4 bridgehead atoms. The zero-order chi connectivity index (χ0) is 33.3. The lowest BCUT2D eigenvalue weighted by Crippen LogP contribution is -2.30. The van der Waals surface area contributed by atoms with Gasteiger partial charge in [0.25, 0.3) is 0 Å². The van der Waals surface area contributed by atoms with Crippen LogP contribution in [-0.4, -0.2) is 48.3 Å². The number of aliphatic carboxylic acids is 1. The van der Waals surface area contributed by atoms with Crippen molar-refractivity contribution < 1.29 is 32.2 Å². The third-order valence-corrected chi connectivity index (χ3v) is 9.80. The molecule has 1 aliphatic heterocycles. The standard InChI is InChI=1S/C35H34F4N4O3S/c1-34(22-5-3-4-21(18-22)6-9-30(44)45)12-13-35(38,39)14-17-47-16-11-25-24-10-15-40-29(24)20-28(37)31(25)46-23-7-8-27(36)26(19-23)32-41-33(34)42-43(32)2/h3-5,7-8,10,15,18-20,40H,6,9,11-14,16-17H2,1-2H3,(H,44,45). The second-order valence-corrected chi connectivity index (χ2v) is 13.4. The van der Waals surface area contributed by atoms with Crippen molar-refractivity contribution in [1.82, 2.24) is 19.7 Å². The van der Waals surface area contributed by atoms with Crippen molar-refractivity contribution in [3.8, 4) is 22.9 Å². The van der Waals surface area contributed by atoms with Crippen LogP contribution < -0.4 is 4.74 Å². The van der Waals surface area contributed by atoms with Gasteiger partial charge in [0, 0.05) is 55.0 Å². The Bertz CT molecular complexity index is 1940. The highest BCUT2D eigenvalue weighted by Gasteiger charge is 2.39. The van der Waals surface area contributed by atoms with Crippen molar-refractivity contribution in [3.05, 3.63) is 94.9 Å². The fraction of sp³-hybridized carbons (Fsp3) is 0.343. The molecule has 7 nitrogen and oxygen atoms in total. The summed E-state index contributed by atoms with van der Waals surface area (Å²) in [5, 5.41) is 14.6. The number of benzene rings is 3. The molecule has 12 heteroatoms. The Balaban J connectivity index is 1.47. The molecule has 0 amide bonds. The number of aryl methyl sites for hydroxylation is 3. The van der Waals surface area contributed by atoms with Crippen LogP contribution >= 0.6 is 11.8 Å². The van der Waals surface area contributed by atoms with Gasteiger partial charge in [0.1, 0.15) is 11.6 Å². The zero-order valence-electron chi connectivity index (χ0n) is 26.0. The van der Waals surface area contributed by atoms with Gasteiger partial charge in [-0.05, 0) is 73.1 Å². The molecule has 6 rings (SSSR count). The number of aromatic amines is 1. The summed E-state index contributed by atoms with van der Waals surface area (Å²) >= 11 is 1.36. The van der Waals surface area contributed by atoms with E-state index in [1.54, 1.807) is 38.4 Å². The van der Waals surface area contributed by atoms with Crippen molar-refractivity contribution in [2.45, 2.75) is 56.8 Å². The zero-order valence-corrected chi connectivity index (χ0v) is 26.8. The van der Waals surface area contributed by atoms with Gasteiger partial charge < -0.3 is 14.8 Å². The van der Waals surface area contributed by atoms with Crippen LogP contribution in [0.5, 0.6) is 11.5 Å². The Labute approximate surface area is 273 Å². The molecular formula is C35H34F4N4O3S. The molecule has 0 radical (unpaired) electrons. The summed E-state index contributed by atoms with van der Waals surface area (Å²) in [6.45, 7) is 1.78. The van der Waals surface area contributed by atoms with Crippen LogP contribution in [0.25, 0.3) is 22.3 Å². The summed E-state index contributed by atoms with van der Waals surface area (Å²) in [5.41, 5.74) is 1.50. The van der Waals surface area contributed by atoms with E-state index in [1.807, 2.05) is 12.1 Å². The highest BCUT2D eigenvalue weighted by molar-refractivity contribution is 7.99. The lowest BCUT2D eigenvalue weighted by Gasteiger charge is -2.30. The Morgan fingerprint density at radius 2 is 1.89 bits per heavy atom. The normalized spacial score (nSPS) is 18.6. The summed E-state index contributed by atoms with van der Waals surface area (Å²) in [6.07, 6.45) is 1.44. The molecule has 3 heterocycles. The van der Waals surface area contributed by atoms with Crippen LogP contribution in [0.1, 0.15) is 55.1 Å². The maximum absolute atomic E-state index is 15.5. The number of nitrogens with one attached hydrogen (secondary N) is 1. The van der Waals surface area contributed by atoms with Crippen molar-refractivity contribution in [1.29, 1.82) is 0 Å². The molecule has 2 aromatic heterocycles. The summed E-state index contributed by atoms with van der Waals surface area (Å²) < 4.78 is 69.4. The molecule has 0 fully saturated rings. The number of hydrogen-bond donors (Lipinski definition) is 2. The number of H-pyrrole nitrogens is 1. The van der Waals surface area contributed by atoms with E-state index in [0.29, 0.717) is 28.8 Å². The third-order valence-electron chi connectivity index (χ3n) is 8.81. The molecule has 0 aliphatic carbocycles. The average molecular weight is 667 g/mol. The number of ether oxygens (including phenoxy) is 1. The van der Waals surface area contributed by atoms with Crippen LogP contribution in [0.3, 0.4) is 0 Å². The number of alkyl halides is 2. The van der Waals surface area contributed by atoms with E-state index in [9.17, 15) is 9.90 Å². The van der Waals surface area contributed by atoms with Gasteiger partial charge in [-0.25, -0.2) is 27.2 Å². The minimum atomic E-state index is -3.00. The Morgan fingerprint density at radius 3 is 2.70 bits per heavy atom. The van der Waals surface area contributed by atoms with E-state index < -0.39 is 35.4 Å². The van der Waals surface area contributed by atoms with Crippen LogP contribution in [0.2, 0.25) is 0 Å². The predicted molar refractivity (Wildman–Crippen MR) is 173 cm³/mol. The summed E-state index contributed by atoms with van der Waals surface area (Å²) in [7, 11) is 1.59. The number of fused-ring (bicyclic) bond motifs is 8. The van der Waals surface area contributed by atoms with Gasteiger partial charge in [-0.2, -0.15) is 16.9 Å². The first-order valence-electron chi connectivity index (χ1n) is 15.4. The van der Waals surface area contributed by atoms with E-state index in [1.165, 1.54) is 40.7 Å². The lowest BCUT2D eigenvalue weighted by atomic mass is 9.76. The number of carboxylic acid groups (broad SMARTS) is 1. The Kier molecular flexibility index (Phi) is 9.06. The van der Waals surface area contributed by atoms with Gasteiger partial charge in [0.15, 0.2) is 23.2 Å². The van der Waals surface area contributed by atoms with E-state index >= 15 is 17.6 Å². The maximum atomic E-state index is 15.5. The van der Waals surface area contributed by atoms with Gasteiger partial charge in [-0.3, -0.25) is 4.79 Å². The summed E-state index contributed by atoms with van der Waals surface area (Å²) in [5.74, 6) is -3.95. The molecule has 5 aromatic rings. The van der Waals surface area contributed by atoms with Crippen LogP contribution in [0, 0.1) is 11.6 Å². The van der Waals surface area contributed by atoms with Gasteiger partial charge in [-0.15, -0.1) is 0 Å². The number of thioether (sulfide) groups is 1. The Morgan fingerprint density at radius 1 is 1.06 bits per heavy atom. The smallest absolute Gasteiger partial charge is 0.303 e. The minimum Gasteiger partial charge on any atom is -0.481 e. The van der Waals surface area contributed by atoms with Crippen molar-refractivity contribution in [2.24, 2.45) is 7.05 Å². The maximum Gasteiger partial charge on any atom is 0.303 e. The Hall–Kier alpha value is -4.32. The van der Waals surface area contributed by atoms with Crippen LogP contribution in [0.15, 0.2) is 60.8 Å². The number of halogens is 4. The molecule has 0 saturated heterocycles. The number of rotatable bonds is 4. The number of carbonyl (C=O) groups is 1. The highest BCUT2D eigenvalue weighted by Crippen LogP contribution is 2.41. The number of carboxylic acids is 1. The summed E-state index contributed by atoms with van der Waals surface area (Å²) in [4.78, 5) is 19.0. The number of aromatic nitrogens is 4. The largest absolute Gasteiger partial charge is 0.481 e. The SMILES string of the molecule is Cn1nc2nc1-c1cc(ccc1F)Oc1c(F)cc3[nH]ccc3c1CCSCCC(F)(F)CCC2(C)c1cccc(CCC(=O)O)c1. The fourth-order valence-electron chi connectivity index (χ4n) is 6.05. The van der Waals surface area contributed by atoms with E-state index in [0.717, 1.165) is 10.9 Å². The number of hydrogen-bond acceptors (Lipinski definition) is 5. The van der Waals surface area contributed by atoms with Crippen molar-refractivity contribution >= 4 is 28.6 Å². The van der Waals surface area contributed by atoms with Crippen LogP contribution in [-0.2, 0) is 30.1 Å². The van der Waals surface area contributed by atoms with Crippen molar-refractivity contribution in [3.63, 3.8) is 0 Å². The molecule has 1 atom stereocenters. The first-order chi connectivity index (χ1) is 22.4. The average Bonchev–Trinajstić information content (AvgIpc) is 3.67. The first kappa shape index (κ1) is 32.6. The van der Waals surface area contributed by atoms with Gasteiger partial charge in [-0.1, -0.05) is 24.3 Å². The molecule has 3 aromatic carbocycles. The van der Waals surface area contributed by atoms with E-state index in [2.05, 4.69) is 10.1 Å². The predicted octanol–water partition coefficient (Wildman–Crippen LogP) is 8.45. The second kappa shape index (κ2) is 13.1. The molecule has 47 heavy (non-hydrogen) atoms. The van der Waals surface area contributed by atoms with Gasteiger partial charge in [0.05, 0.1) is 11.0 Å². The minimum absolute atomic E-state index is 0.00397. The second-order valence-electron chi connectivity index (χ2n) is 12.1. The molecule has 2 N–H and O–H groups in total. The quantitative estimate of drug-likeness (QED) is 0.187. The lowest BCUT2D eigenvalue weighted by molar-refractivity contribution is -0.136. The van der Waals surface area contributed by atoms with Crippen LogP contribution in [0.4, 0.5) is 17.6 Å². The van der Waals surface area contributed by atoms with E-state index in [4.69, 9.17) is 9.72 Å². The first-order valence-corrected chi connectivity index (χ1v) is 16.5. The molecule has 1 unspecified atom stereocenters. The highest BCUT2D eigenvalue weighted by atomic mass is 32.2. The molecular weight excluding hydrogens is 632 g/mol. The fourth-order valence-corrected chi connectivity index (χ4v) is 7.05. The van der Waals surface area contributed by atoms with Gasteiger partial charge in [0.2, 0.25) is 5.92 Å². The topological polar surface area (TPSA) is 93.0 Å². The monoisotopic (exact) mass is 666 g/mol. The third kappa shape index (κ3) is 6.88. The molecule has 0 saturated carbocycles.